The molecule has 256 valence electrons. The summed E-state index contributed by atoms with van der Waals surface area (Å²) in [6, 6.07) is 17.6. The van der Waals surface area contributed by atoms with Crippen LogP contribution in [0.4, 0.5) is 5.82 Å². The lowest BCUT2D eigenvalue weighted by Gasteiger charge is -2.40. The van der Waals surface area contributed by atoms with E-state index in [4.69, 9.17) is 14.2 Å². The van der Waals surface area contributed by atoms with Gasteiger partial charge in [0.2, 0.25) is 12.2 Å². The summed E-state index contributed by atoms with van der Waals surface area (Å²) in [5, 5.41) is 21.9. The van der Waals surface area contributed by atoms with E-state index >= 15 is 0 Å². The molecule has 1 saturated heterocycles. The maximum absolute atomic E-state index is 12.0. The number of rotatable bonds is 13. The van der Waals surface area contributed by atoms with E-state index in [1.54, 1.807) is 18.3 Å². The van der Waals surface area contributed by atoms with Gasteiger partial charge in [-0.05, 0) is 50.6 Å². The van der Waals surface area contributed by atoms with Crippen molar-refractivity contribution in [3.8, 4) is 0 Å². The first-order valence-corrected chi connectivity index (χ1v) is 15.5. The zero-order valence-corrected chi connectivity index (χ0v) is 27.0. The molecule has 0 spiro atoms. The zero-order valence-electron chi connectivity index (χ0n) is 27.0. The van der Waals surface area contributed by atoms with Gasteiger partial charge in [-0.15, -0.1) is 0 Å². The van der Waals surface area contributed by atoms with Gasteiger partial charge in [0.05, 0.1) is 17.7 Å². The molecule has 0 unspecified atom stereocenters. The predicted molar refractivity (Wildman–Crippen MR) is 172 cm³/mol. The molecule has 1 aliphatic rings. The van der Waals surface area contributed by atoms with Crippen LogP contribution >= 0.6 is 0 Å². The van der Waals surface area contributed by atoms with Crippen LogP contribution in [0.2, 0.25) is 0 Å². The summed E-state index contributed by atoms with van der Waals surface area (Å²) < 4.78 is 14.7. The summed E-state index contributed by atoms with van der Waals surface area (Å²) in [4.78, 5) is 69.4. The Morgan fingerprint density at radius 3 is 1.79 bits per heavy atom. The van der Waals surface area contributed by atoms with Gasteiger partial charge in [-0.1, -0.05) is 43.3 Å². The van der Waals surface area contributed by atoms with E-state index in [1.807, 2.05) is 13.0 Å². The number of nitrogens with one attached hydrogen (secondary N) is 1. The molecule has 1 fully saturated rings. The summed E-state index contributed by atoms with van der Waals surface area (Å²) in [6.45, 7) is 8.60. The van der Waals surface area contributed by atoms with Crippen molar-refractivity contribution in [3.05, 3.63) is 89.9 Å². The number of carbonyl (C=O) groups is 5. The molecule has 48 heavy (non-hydrogen) atoms. The second kappa shape index (κ2) is 18.7. The van der Waals surface area contributed by atoms with Crippen LogP contribution in [0.3, 0.4) is 0 Å². The average Bonchev–Trinajstić information content (AvgIpc) is 3.07. The van der Waals surface area contributed by atoms with Crippen molar-refractivity contribution in [2.45, 2.75) is 64.3 Å². The van der Waals surface area contributed by atoms with E-state index in [0.29, 0.717) is 31.5 Å². The molecule has 2 aromatic carbocycles. The first-order valence-electron chi connectivity index (χ1n) is 15.5. The van der Waals surface area contributed by atoms with Gasteiger partial charge in [0.25, 0.3) is 0 Å². The Balaban J connectivity index is 0.000000264. The van der Waals surface area contributed by atoms with Gasteiger partial charge in [-0.3, -0.25) is 4.79 Å². The number of carboxylic acids is 2. The molecule has 2 heterocycles. The van der Waals surface area contributed by atoms with Crippen molar-refractivity contribution >= 4 is 35.7 Å². The van der Waals surface area contributed by atoms with E-state index < -0.39 is 36.1 Å². The number of ether oxygens (including phenoxy) is 3. The molecule has 0 radical (unpaired) electrons. The molecule has 1 aromatic heterocycles. The number of carboxylic acid groups (broad SMARTS) is 2. The molecule has 0 saturated carbocycles. The Labute approximate surface area is 278 Å². The Morgan fingerprint density at radius 1 is 0.833 bits per heavy atom. The fourth-order valence-electron chi connectivity index (χ4n) is 4.77. The first-order chi connectivity index (χ1) is 23.0. The standard InChI is InChI=1S/C18H14O8.C16H26N4O2/c19-15(20)13(25-17(23)11-7-3-1-4-8-11)14(16(21)22)26-18(24)12-9-5-2-6-10-12;1-4-5-16(21)22-9-7-14-18-8-6-15(19-14)20-12(2)10-17-11-13(20)3/h1-10,13-14H,(H,19,20)(H,21,22);6,8,12-13,17H,4-5,7,9-11H2,1-3H3/t13-,14-;12-,13+/m1./s1. The lowest BCUT2D eigenvalue weighted by Crippen LogP contribution is -2.55. The third kappa shape index (κ3) is 11.2. The van der Waals surface area contributed by atoms with Crippen LogP contribution in [0.25, 0.3) is 0 Å². The van der Waals surface area contributed by atoms with Crippen molar-refractivity contribution in [1.29, 1.82) is 0 Å². The summed E-state index contributed by atoms with van der Waals surface area (Å²) in [6.07, 6.45) is -0.813. The highest BCUT2D eigenvalue weighted by atomic mass is 16.6. The fraction of sp³-hybridized carbons (Fsp3) is 0.382. The number of hydrogen-bond donors (Lipinski definition) is 3. The number of esters is 3. The molecule has 14 heteroatoms. The zero-order chi connectivity index (χ0) is 35.1. The highest BCUT2D eigenvalue weighted by Crippen LogP contribution is 2.19. The molecular formula is C34H40N4O10. The fourth-order valence-corrected chi connectivity index (χ4v) is 4.77. The molecular weight excluding hydrogens is 624 g/mol. The number of benzene rings is 2. The van der Waals surface area contributed by atoms with Gasteiger partial charge in [-0.25, -0.2) is 29.1 Å². The van der Waals surface area contributed by atoms with Gasteiger partial charge in [0.1, 0.15) is 11.6 Å². The smallest absolute Gasteiger partial charge is 0.349 e. The van der Waals surface area contributed by atoms with Crippen LogP contribution in [-0.2, 0) is 35.0 Å². The van der Waals surface area contributed by atoms with Crippen molar-refractivity contribution < 1.29 is 48.4 Å². The summed E-state index contributed by atoms with van der Waals surface area (Å²) in [7, 11) is 0. The van der Waals surface area contributed by atoms with E-state index in [2.05, 4.69) is 34.0 Å². The van der Waals surface area contributed by atoms with Gasteiger partial charge in [0.15, 0.2) is 0 Å². The SMILES string of the molecule is CCCC(=O)OCCc1nccc(N2[C@H](C)CNC[C@@H]2C)n1.O=C(O[C@@H](C(=O)O)[C@@H](OC(=O)c1ccccc1)C(=O)O)c1ccccc1. The Kier molecular flexibility index (Phi) is 14.4. The molecule has 14 nitrogen and oxygen atoms in total. The third-order valence-electron chi connectivity index (χ3n) is 7.08. The van der Waals surface area contributed by atoms with Crippen molar-refractivity contribution in [3.63, 3.8) is 0 Å². The minimum absolute atomic E-state index is 0.0253. The van der Waals surface area contributed by atoms with E-state index in [-0.39, 0.29) is 17.1 Å². The number of carbonyl (C=O) groups excluding carboxylic acids is 3. The first kappa shape index (κ1) is 37.1. The number of hydrogen-bond acceptors (Lipinski definition) is 12. The molecule has 4 rings (SSSR count). The summed E-state index contributed by atoms with van der Waals surface area (Å²) in [5.74, 6) is -4.11. The minimum Gasteiger partial charge on any atom is -0.478 e. The van der Waals surface area contributed by atoms with E-state index in [0.717, 1.165) is 31.2 Å². The maximum atomic E-state index is 12.0. The highest BCUT2D eigenvalue weighted by molar-refractivity contribution is 5.95. The number of aromatic nitrogens is 2. The molecule has 3 N–H and O–H groups in total. The van der Waals surface area contributed by atoms with Gasteiger partial charge < -0.3 is 34.6 Å². The van der Waals surface area contributed by atoms with Crippen LogP contribution in [0.5, 0.6) is 0 Å². The van der Waals surface area contributed by atoms with Crippen molar-refractivity contribution in [2.24, 2.45) is 0 Å². The Bertz CT molecular complexity index is 1440. The lowest BCUT2D eigenvalue weighted by molar-refractivity contribution is -0.166. The normalized spacial score (nSPS) is 16.7. The minimum atomic E-state index is -2.21. The van der Waals surface area contributed by atoms with Crippen LogP contribution in [0, 0.1) is 0 Å². The molecule has 0 bridgehead atoms. The van der Waals surface area contributed by atoms with Gasteiger partial charge in [0, 0.05) is 44.2 Å². The predicted octanol–water partition coefficient (Wildman–Crippen LogP) is 3.16. The number of anilines is 1. The summed E-state index contributed by atoms with van der Waals surface area (Å²) in [5.41, 5.74) is 0.0505. The largest absolute Gasteiger partial charge is 0.478 e. The highest BCUT2D eigenvalue weighted by Gasteiger charge is 2.41. The van der Waals surface area contributed by atoms with Gasteiger partial charge >= 0.3 is 29.8 Å². The lowest BCUT2D eigenvalue weighted by atomic mass is 10.1. The Hall–Kier alpha value is -5.37. The van der Waals surface area contributed by atoms with Crippen LogP contribution in [0.1, 0.15) is 60.2 Å². The van der Waals surface area contributed by atoms with Crippen molar-refractivity contribution in [2.75, 3.05) is 24.6 Å². The summed E-state index contributed by atoms with van der Waals surface area (Å²) >= 11 is 0. The molecule has 0 amide bonds. The molecule has 0 aliphatic carbocycles. The Morgan fingerprint density at radius 2 is 1.33 bits per heavy atom. The average molecular weight is 665 g/mol. The number of aliphatic carboxylic acids is 2. The van der Waals surface area contributed by atoms with Crippen LogP contribution in [0.15, 0.2) is 72.9 Å². The molecule has 1 aliphatic heterocycles. The van der Waals surface area contributed by atoms with E-state index in [1.165, 1.54) is 48.5 Å². The van der Waals surface area contributed by atoms with E-state index in [9.17, 15) is 34.2 Å². The second-order valence-electron chi connectivity index (χ2n) is 10.9. The maximum Gasteiger partial charge on any atom is 0.349 e. The molecule has 3 aromatic rings. The monoisotopic (exact) mass is 664 g/mol. The second-order valence-corrected chi connectivity index (χ2v) is 10.9. The van der Waals surface area contributed by atoms with Crippen LogP contribution in [-0.4, -0.2) is 94.0 Å². The topological polar surface area (TPSA) is 195 Å². The van der Waals surface area contributed by atoms with Crippen molar-refractivity contribution in [1.82, 2.24) is 15.3 Å². The van der Waals surface area contributed by atoms with Gasteiger partial charge in [-0.2, -0.15) is 0 Å². The number of nitrogens with zero attached hydrogens (tertiary/aromatic N) is 3. The number of piperazine rings is 1. The molecule has 4 atom stereocenters. The van der Waals surface area contributed by atoms with Crippen LogP contribution < -0.4 is 10.2 Å². The quantitative estimate of drug-likeness (QED) is 0.178. The third-order valence-corrected chi connectivity index (χ3v) is 7.08.